The van der Waals surface area contributed by atoms with Crippen LogP contribution in [0.4, 0.5) is 5.69 Å². The van der Waals surface area contributed by atoms with E-state index in [1.807, 2.05) is 0 Å². The molecule has 1 atom stereocenters. The third-order valence-corrected chi connectivity index (χ3v) is 4.54. The van der Waals surface area contributed by atoms with Crippen molar-refractivity contribution in [2.45, 2.75) is 25.3 Å². The number of imide groups is 2. The summed E-state index contributed by atoms with van der Waals surface area (Å²) in [5.74, 6) is -3.30. The minimum Gasteiger partial charge on any atom is -0.325 e. The van der Waals surface area contributed by atoms with Gasteiger partial charge in [0, 0.05) is 11.3 Å². The van der Waals surface area contributed by atoms with Gasteiger partial charge in [-0.25, -0.2) is 0 Å². The van der Waals surface area contributed by atoms with Crippen LogP contribution in [0.3, 0.4) is 0 Å². The lowest BCUT2D eigenvalue weighted by Crippen LogP contribution is -2.62. The van der Waals surface area contributed by atoms with Crippen LogP contribution < -0.4 is 10.6 Å². The van der Waals surface area contributed by atoms with E-state index in [-0.39, 0.29) is 29.7 Å². The monoisotopic (exact) mass is 370 g/mol. The predicted octanol–water partition coefficient (Wildman–Crippen LogP) is 0.727. The van der Waals surface area contributed by atoms with Crippen LogP contribution in [0, 0.1) is 0 Å². The maximum atomic E-state index is 13.0. The molecule has 1 aromatic rings. The van der Waals surface area contributed by atoms with Crippen molar-refractivity contribution >= 4 is 35.2 Å². The van der Waals surface area contributed by atoms with Gasteiger partial charge in [0.05, 0.1) is 16.8 Å². The van der Waals surface area contributed by atoms with Crippen LogP contribution in [-0.2, 0) is 14.4 Å². The van der Waals surface area contributed by atoms with E-state index in [1.165, 1.54) is 25.1 Å². The Morgan fingerprint density at radius 3 is 2.74 bits per heavy atom. The summed E-state index contributed by atoms with van der Waals surface area (Å²) in [6.45, 7) is 0.935. The number of nitrogens with one attached hydrogen (secondary N) is 2. The maximum absolute atomic E-state index is 13.0. The van der Waals surface area contributed by atoms with E-state index in [1.54, 1.807) is 0 Å². The zero-order valence-corrected chi connectivity index (χ0v) is 14.2. The summed E-state index contributed by atoms with van der Waals surface area (Å²) in [6.07, 6.45) is -0.00683. The second-order valence-electron chi connectivity index (χ2n) is 6.26. The molecule has 0 spiro atoms. The summed E-state index contributed by atoms with van der Waals surface area (Å²) in [5.41, 5.74) is 6.81. The van der Waals surface area contributed by atoms with E-state index in [2.05, 4.69) is 20.7 Å². The molecule has 1 fully saturated rings. The van der Waals surface area contributed by atoms with E-state index in [0.29, 0.717) is 0 Å². The zero-order valence-electron chi connectivity index (χ0n) is 14.2. The maximum Gasteiger partial charge on any atom is 0.264 e. The molecule has 1 saturated heterocycles. The first kappa shape index (κ1) is 18.1. The molecule has 27 heavy (non-hydrogen) atoms. The summed E-state index contributed by atoms with van der Waals surface area (Å²) in [4.78, 5) is 64.6. The lowest BCUT2D eigenvalue weighted by Gasteiger charge is -2.38. The van der Waals surface area contributed by atoms with Crippen LogP contribution in [0.1, 0.15) is 40.5 Å². The second-order valence-corrected chi connectivity index (χ2v) is 6.26. The molecule has 11 nitrogen and oxygen atoms in total. The molecule has 0 saturated carbocycles. The quantitative estimate of drug-likeness (QED) is 0.345. The fourth-order valence-corrected chi connectivity index (χ4v) is 3.13. The smallest absolute Gasteiger partial charge is 0.264 e. The van der Waals surface area contributed by atoms with Gasteiger partial charge in [-0.15, -0.1) is 0 Å². The van der Waals surface area contributed by atoms with Gasteiger partial charge in [0.2, 0.25) is 11.8 Å². The van der Waals surface area contributed by atoms with Gasteiger partial charge in [0.15, 0.2) is 0 Å². The van der Waals surface area contributed by atoms with Gasteiger partial charge in [-0.05, 0) is 31.0 Å². The number of hydrogen-bond acceptors (Lipinski definition) is 6. The Morgan fingerprint density at radius 2 is 2.07 bits per heavy atom. The lowest BCUT2D eigenvalue weighted by molar-refractivity contribution is -0.141. The second kappa shape index (κ2) is 6.54. The normalized spacial score (nSPS) is 21.4. The first-order valence-electron chi connectivity index (χ1n) is 7.96. The minimum atomic E-state index is -1.52. The number of carbonyl (C=O) groups excluding carboxylic acids is 5. The topological polar surface area (TPSA) is 161 Å². The number of fused-ring (bicyclic) bond motifs is 1. The lowest BCUT2D eigenvalue weighted by atomic mass is 9.89. The van der Waals surface area contributed by atoms with Crippen molar-refractivity contribution in [1.29, 1.82) is 0 Å². The van der Waals surface area contributed by atoms with Crippen LogP contribution in [-0.4, -0.2) is 46.5 Å². The molecule has 2 heterocycles. The number of azide groups is 1. The number of nitrogens with zero attached hydrogens (tertiary/aromatic N) is 4. The molecule has 0 radical (unpaired) electrons. The molecule has 1 unspecified atom stereocenters. The van der Waals surface area contributed by atoms with Crippen molar-refractivity contribution in [2.24, 2.45) is 5.11 Å². The average molecular weight is 370 g/mol. The molecule has 0 aliphatic carbocycles. The number of piperidine rings is 1. The molecule has 2 N–H and O–H groups in total. The summed E-state index contributed by atoms with van der Waals surface area (Å²) >= 11 is 0. The van der Waals surface area contributed by atoms with E-state index in [0.717, 1.165) is 4.90 Å². The Bertz CT molecular complexity index is 951. The Balaban J connectivity index is 1.97. The number of rotatable bonds is 4. The fraction of sp³-hybridized carbons (Fsp3) is 0.312. The highest BCUT2D eigenvalue weighted by atomic mass is 16.2. The van der Waals surface area contributed by atoms with Gasteiger partial charge in [-0.1, -0.05) is 11.2 Å². The fourth-order valence-electron chi connectivity index (χ4n) is 3.13. The summed E-state index contributed by atoms with van der Waals surface area (Å²) in [6, 6.07) is 4.31. The SMILES string of the molecule is CC1(N2C(=O)c3cccc(NC(=O)CN=[N+]=[N-])c3C2=O)CCC(=O)NC1=O. The summed E-state index contributed by atoms with van der Waals surface area (Å²) < 4.78 is 0. The van der Waals surface area contributed by atoms with E-state index >= 15 is 0 Å². The Kier molecular flexibility index (Phi) is 4.38. The van der Waals surface area contributed by atoms with Gasteiger partial charge in [0.1, 0.15) is 12.1 Å². The van der Waals surface area contributed by atoms with Crippen molar-refractivity contribution in [3.63, 3.8) is 0 Å². The molecule has 11 heteroatoms. The highest BCUT2D eigenvalue weighted by Gasteiger charge is 2.53. The van der Waals surface area contributed by atoms with Crippen molar-refractivity contribution < 1.29 is 24.0 Å². The van der Waals surface area contributed by atoms with Crippen LogP contribution >= 0.6 is 0 Å². The molecule has 2 aliphatic rings. The molecular formula is C16H14N6O5. The molecular weight excluding hydrogens is 356 g/mol. The van der Waals surface area contributed by atoms with Crippen molar-refractivity contribution in [3.8, 4) is 0 Å². The Morgan fingerprint density at radius 1 is 1.33 bits per heavy atom. The first-order chi connectivity index (χ1) is 12.8. The summed E-state index contributed by atoms with van der Waals surface area (Å²) in [5, 5.41) is 7.70. The number of amides is 5. The molecule has 3 rings (SSSR count). The zero-order chi connectivity index (χ0) is 19.8. The highest BCUT2D eigenvalue weighted by Crippen LogP contribution is 2.36. The van der Waals surface area contributed by atoms with Crippen molar-refractivity contribution in [2.75, 3.05) is 11.9 Å². The van der Waals surface area contributed by atoms with Crippen LogP contribution in [0.15, 0.2) is 23.3 Å². The molecule has 0 bridgehead atoms. The largest absolute Gasteiger partial charge is 0.325 e. The van der Waals surface area contributed by atoms with Crippen LogP contribution in [0.25, 0.3) is 10.4 Å². The van der Waals surface area contributed by atoms with Gasteiger partial charge in [-0.2, -0.15) is 0 Å². The highest BCUT2D eigenvalue weighted by molar-refractivity contribution is 6.26. The third kappa shape index (κ3) is 2.89. The number of benzene rings is 1. The molecule has 5 amide bonds. The van der Waals surface area contributed by atoms with E-state index < -0.39 is 41.6 Å². The number of hydrogen-bond donors (Lipinski definition) is 2. The van der Waals surface area contributed by atoms with Gasteiger partial charge >= 0.3 is 0 Å². The van der Waals surface area contributed by atoms with Crippen molar-refractivity contribution in [3.05, 3.63) is 39.8 Å². The first-order valence-corrected chi connectivity index (χ1v) is 7.96. The van der Waals surface area contributed by atoms with Crippen LogP contribution in [0.5, 0.6) is 0 Å². The average Bonchev–Trinajstić information content (AvgIpc) is 2.89. The Hall–Kier alpha value is -3.72. The standard InChI is InChI=1S/C16H14N6O5/c1-16(6-5-10(23)20-15(16)27)22-13(25)8-3-2-4-9(12(8)14(22)26)19-11(24)7-18-21-17/h2-4H,5-7H2,1H3,(H,19,24)(H,20,23,27). The van der Waals surface area contributed by atoms with Crippen molar-refractivity contribution in [1.82, 2.24) is 10.2 Å². The molecule has 1 aromatic carbocycles. The van der Waals surface area contributed by atoms with Gasteiger partial charge in [-0.3, -0.25) is 34.2 Å². The molecule has 2 aliphatic heterocycles. The number of anilines is 1. The predicted molar refractivity (Wildman–Crippen MR) is 90.4 cm³/mol. The minimum absolute atomic E-state index is 0.00170. The van der Waals surface area contributed by atoms with Crippen LogP contribution in [0.2, 0.25) is 0 Å². The summed E-state index contributed by atoms with van der Waals surface area (Å²) in [7, 11) is 0. The van der Waals surface area contributed by atoms with Gasteiger partial charge in [0.25, 0.3) is 17.7 Å². The Labute approximate surface area is 152 Å². The van der Waals surface area contributed by atoms with E-state index in [4.69, 9.17) is 5.53 Å². The van der Waals surface area contributed by atoms with Gasteiger partial charge < -0.3 is 5.32 Å². The number of carbonyl (C=O) groups is 5. The molecule has 0 aromatic heterocycles. The molecule has 138 valence electrons. The van der Waals surface area contributed by atoms with E-state index in [9.17, 15) is 24.0 Å². The third-order valence-electron chi connectivity index (χ3n) is 4.54.